The van der Waals surface area contributed by atoms with E-state index in [4.69, 9.17) is 14.2 Å². The van der Waals surface area contributed by atoms with Crippen LogP contribution in [-0.2, 0) is 14.2 Å². The molecule has 2 aliphatic rings. The van der Waals surface area contributed by atoms with E-state index in [1.54, 1.807) is 20.8 Å². The summed E-state index contributed by atoms with van der Waals surface area (Å²) >= 11 is 0. The zero-order valence-electron chi connectivity index (χ0n) is 12.3. The van der Waals surface area contributed by atoms with Gasteiger partial charge in [0.25, 0.3) is 0 Å². The van der Waals surface area contributed by atoms with Crippen LogP contribution in [-0.4, -0.2) is 41.2 Å². The molecular formula is C15H20N2O4. The molecule has 6 nitrogen and oxygen atoms in total. The van der Waals surface area contributed by atoms with Crippen LogP contribution in [0.4, 0.5) is 5.69 Å². The Balaban J connectivity index is 1.66. The molecule has 0 bridgehead atoms. The van der Waals surface area contributed by atoms with Gasteiger partial charge >= 0.3 is 0 Å². The van der Waals surface area contributed by atoms with E-state index in [9.17, 15) is 5.11 Å². The molecule has 0 spiro atoms. The molecule has 0 aromatic heterocycles. The molecule has 2 aliphatic heterocycles. The van der Waals surface area contributed by atoms with Gasteiger partial charge < -0.3 is 19.3 Å². The van der Waals surface area contributed by atoms with Crippen molar-refractivity contribution < 1.29 is 19.3 Å². The Morgan fingerprint density at radius 2 is 1.95 bits per heavy atom. The maximum Gasteiger partial charge on any atom is 0.190 e. The van der Waals surface area contributed by atoms with Gasteiger partial charge in [0.2, 0.25) is 0 Å². The lowest BCUT2D eigenvalue weighted by Crippen LogP contribution is -2.38. The molecule has 0 aliphatic carbocycles. The van der Waals surface area contributed by atoms with Gasteiger partial charge in [-0.2, -0.15) is 5.10 Å². The summed E-state index contributed by atoms with van der Waals surface area (Å²) in [5.41, 5.74) is 4.46. The first kappa shape index (κ1) is 14.5. The predicted molar refractivity (Wildman–Crippen MR) is 77.9 cm³/mol. The van der Waals surface area contributed by atoms with Crippen molar-refractivity contribution in [1.82, 2.24) is 0 Å². The standard InChI is InChI=1S/C15H20N2O4/c1-9(16-17-10-7-5-4-6-8-10)12-11(18)13-14(19-12)21-15(2,3)20-13/h4-8,11-14,17-18H,1-3H3/b16-9+/t11-,12+,13+,14+/m0/s1. The molecule has 2 saturated heterocycles. The van der Waals surface area contributed by atoms with Gasteiger partial charge in [0, 0.05) is 0 Å². The number of nitrogens with zero attached hydrogens (tertiary/aromatic N) is 1. The second kappa shape index (κ2) is 5.38. The Bertz CT molecular complexity index is 532. The number of rotatable bonds is 3. The van der Waals surface area contributed by atoms with E-state index < -0.39 is 30.4 Å². The topological polar surface area (TPSA) is 72.3 Å². The summed E-state index contributed by atoms with van der Waals surface area (Å²) in [6.45, 7) is 5.40. The van der Waals surface area contributed by atoms with Crippen LogP contribution < -0.4 is 5.43 Å². The molecule has 114 valence electrons. The molecule has 0 radical (unpaired) electrons. The number of aliphatic hydroxyl groups excluding tert-OH is 1. The Morgan fingerprint density at radius 3 is 2.62 bits per heavy atom. The highest BCUT2D eigenvalue weighted by Crippen LogP contribution is 2.37. The fraction of sp³-hybridized carbons (Fsp3) is 0.533. The highest BCUT2D eigenvalue weighted by molar-refractivity contribution is 5.88. The van der Waals surface area contributed by atoms with E-state index in [-0.39, 0.29) is 0 Å². The molecule has 0 unspecified atom stereocenters. The van der Waals surface area contributed by atoms with Crippen molar-refractivity contribution in [2.45, 2.75) is 51.2 Å². The fourth-order valence-corrected chi connectivity index (χ4v) is 2.57. The van der Waals surface area contributed by atoms with Crippen molar-refractivity contribution in [3.63, 3.8) is 0 Å². The zero-order valence-corrected chi connectivity index (χ0v) is 12.3. The van der Waals surface area contributed by atoms with E-state index in [2.05, 4.69) is 10.5 Å². The summed E-state index contributed by atoms with van der Waals surface area (Å²) in [7, 11) is 0. The minimum absolute atomic E-state index is 0.480. The normalized spacial score (nSPS) is 34.8. The van der Waals surface area contributed by atoms with Gasteiger partial charge in [-0.25, -0.2) is 0 Å². The molecule has 21 heavy (non-hydrogen) atoms. The van der Waals surface area contributed by atoms with Gasteiger partial charge in [-0.05, 0) is 32.9 Å². The van der Waals surface area contributed by atoms with Gasteiger partial charge in [0.1, 0.15) is 18.3 Å². The number of nitrogens with one attached hydrogen (secondary N) is 1. The molecule has 2 heterocycles. The minimum atomic E-state index is -0.793. The average Bonchev–Trinajstić information content (AvgIpc) is 2.91. The second-order valence-corrected chi connectivity index (χ2v) is 5.75. The average molecular weight is 292 g/mol. The number of hydrazone groups is 1. The van der Waals surface area contributed by atoms with Crippen LogP contribution in [0.3, 0.4) is 0 Å². The van der Waals surface area contributed by atoms with E-state index >= 15 is 0 Å². The number of para-hydroxylation sites is 1. The maximum atomic E-state index is 10.3. The van der Waals surface area contributed by atoms with Crippen molar-refractivity contribution in [1.29, 1.82) is 0 Å². The summed E-state index contributed by atoms with van der Waals surface area (Å²) < 4.78 is 17.0. The minimum Gasteiger partial charge on any atom is -0.387 e. The molecule has 6 heteroatoms. The van der Waals surface area contributed by atoms with Gasteiger partial charge in [0.15, 0.2) is 12.1 Å². The van der Waals surface area contributed by atoms with Crippen LogP contribution in [0.2, 0.25) is 0 Å². The van der Waals surface area contributed by atoms with Crippen LogP contribution in [0.25, 0.3) is 0 Å². The Labute approximate surface area is 123 Å². The van der Waals surface area contributed by atoms with Crippen LogP contribution in [0.1, 0.15) is 20.8 Å². The smallest absolute Gasteiger partial charge is 0.190 e. The highest BCUT2D eigenvalue weighted by atomic mass is 16.8. The molecule has 3 rings (SSSR count). The molecular weight excluding hydrogens is 272 g/mol. The maximum absolute atomic E-state index is 10.3. The van der Waals surface area contributed by atoms with Gasteiger partial charge in [-0.15, -0.1) is 0 Å². The van der Waals surface area contributed by atoms with Crippen molar-refractivity contribution >= 4 is 11.4 Å². The zero-order chi connectivity index (χ0) is 15.0. The van der Waals surface area contributed by atoms with Crippen molar-refractivity contribution in [2.75, 3.05) is 5.43 Å². The summed E-state index contributed by atoms with van der Waals surface area (Å²) in [5, 5.41) is 14.6. The summed E-state index contributed by atoms with van der Waals surface area (Å²) in [6.07, 6.45) is -2.36. The molecule has 4 atom stereocenters. The number of ether oxygens (including phenoxy) is 3. The highest BCUT2D eigenvalue weighted by Gasteiger charge is 2.54. The number of fused-ring (bicyclic) bond motifs is 1. The number of aliphatic hydroxyl groups is 1. The second-order valence-electron chi connectivity index (χ2n) is 5.75. The fourth-order valence-electron chi connectivity index (χ4n) is 2.57. The molecule has 2 fully saturated rings. The summed E-state index contributed by atoms with van der Waals surface area (Å²) in [5.74, 6) is -0.728. The number of hydrogen-bond acceptors (Lipinski definition) is 6. The summed E-state index contributed by atoms with van der Waals surface area (Å²) in [4.78, 5) is 0. The number of benzene rings is 1. The quantitative estimate of drug-likeness (QED) is 0.655. The third-order valence-electron chi connectivity index (χ3n) is 3.56. The van der Waals surface area contributed by atoms with Crippen LogP contribution in [0.5, 0.6) is 0 Å². The monoisotopic (exact) mass is 292 g/mol. The molecule has 0 saturated carbocycles. The number of anilines is 1. The molecule has 2 N–H and O–H groups in total. The Hall–Kier alpha value is -1.47. The third kappa shape index (κ3) is 2.94. The van der Waals surface area contributed by atoms with Crippen molar-refractivity contribution in [3.8, 4) is 0 Å². The van der Waals surface area contributed by atoms with Gasteiger partial charge in [-0.3, -0.25) is 5.43 Å². The molecule has 1 aromatic rings. The molecule has 1 aromatic carbocycles. The third-order valence-corrected chi connectivity index (χ3v) is 3.56. The predicted octanol–water partition coefficient (Wildman–Crippen LogP) is 1.71. The lowest BCUT2D eigenvalue weighted by atomic mass is 10.1. The first-order chi connectivity index (χ1) is 9.96. The Kier molecular flexibility index (Phi) is 3.71. The Morgan fingerprint density at radius 1 is 1.24 bits per heavy atom. The summed E-state index contributed by atoms with van der Waals surface area (Å²) in [6, 6.07) is 9.59. The van der Waals surface area contributed by atoms with E-state index in [0.29, 0.717) is 5.71 Å². The molecule has 0 amide bonds. The first-order valence-corrected chi connectivity index (χ1v) is 7.01. The van der Waals surface area contributed by atoms with Crippen molar-refractivity contribution in [3.05, 3.63) is 30.3 Å². The van der Waals surface area contributed by atoms with Crippen LogP contribution >= 0.6 is 0 Å². The van der Waals surface area contributed by atoms with Crippen LogP contribution in [0, 0.1) is 0 Å². The lowest BCUT2D eigenvalue weighted by Gasteiger charge is -2.22. The SMILES string of the molecule is C/C(=N\Nc1ccccc1)[C@H]1O[C@@H]2OC(C)(C)O[C@@H]2[C@H]1O. The number of hydrogen-bond donors (Lipinski definition) is 2. The van der Waals surface area contributed by atoms with E-state index in [0.717, 1.165) is 5.69 Å². The van der Waals surface area contributed by atoms with E-state index in [1.807, 2.05) is 30.3 Å². The first-order valence-electron chi connectivity index (χ1n) is 7.01. The van der Waals surface area contributed by atoms with Gasteiger partial charge in [-0.1, -0.05) is 18.2 Å². The largest absolute Gasteiger partial charge is 0.387 e. The van der Waals surface area contributed by atoms with Crippen LogP contribution in [0.15, 0.2) is 35.4 Å². The van der Waals surface area contributed by atoms with E-state index in [1.165, 1.54) is 0 Å². The lowest BCUT2D eigenvalue weighted by molar-refractivity contribution is -0.206. The van der Waals surface area contributed by atoms with Crippen molar-refractivity contribution in [2.24, 2.45) is 5.10 Å². The van der Waals surface area contributed by atoms with Gasteiger partial charge in [0.05, 0.1) is 11.4 Å².